The lowest BCUT2D eigenvalue weighted by Gasteiger charge is -2.06. The lowest BCUT2D eigenvalue weighted by Crippen LogP contribution is -2.08. The number of hydrogen-bond acceptors (Lipinski definition) is 5. The third-order valence-corrected chi connectivity index (χ3v) is 2.42. The second-order valence-corrected chi connectivity index (χ2v) is 3.94. The van der Waals surface area contributed by atoms with Crippen LogP contribution in [0.3, 0.4) is 0 Å². The van der Waals surface area contributed by atoms with Gasteiger partial charge in [0.2, 0.25) is 0 Å². The number of nitriles is 1. The predicted octanol–water partition coefficient (Wildman–Crippen LogP) is 1.36. The summed E-state index contributed by atoms with van der Waals surface area (Å²) in [6.07, 6.45) is 4.41. The van der Waals surface area contributed by atoms with Crippen molar-refractivity contribution in [3.63, 3.8) is 0 Å². The zero-order valence-electron chi connectivity index (χ0n) is 10.2. The Labute approximate surface area is 105 Å². The van der Waals surface area contributed by atoms with E-state index >= 15 is 0 Å². The lowest BCUT2D eigenvalue weighted by atomic mass is 10.2. The summed E-state index contributed by atoms with van der Waals surface area (Å²) >= 11 is 0. The van der Waals surface area contributed by atoms with Gasteiger partial charge < -0.3 is 5.32 Å². The van der Waals surface area contributed by atoms with Gasteiger partial charge in [0, 0.05) is 25.0 Å². The molecule has 0 aromatic carbocycles. The molecule has 0 saturated carbocycles. The maximum Gasteiger partial charge on any atom is 0.127 e. The molecule has 2 aromatic heterocycles. The van der Waals surface area contributed by atoms with Crippen LogP contribution in [0.2, 0.25) is 0 Å². The zero-order valence-corrected chi connectivity index (χ0v) is 10.2. The fourth-order valence-electron chi connectivity index (χ4n) is 1.63. The SMILES string of the molecule is Cc1cc(C#N)cc(NCCCn2ccnn2)n1. The van der Waals surface area contributed by atoms with Gasteiger partial charge in [-0.3, -0.25) is 4.68 Å². The van der Waals surface area contributed by atoms with E-state index in [1.165, 1.54) is 0 Å². The number of anilines is 1. The Morgan fingerprint density at radius 1 is 1.44 bits per heavy atom. The van der Waals surface area contributed by atoms with Gasteiger partial charge in [0.15, 0.2) is 0 Å². The van der Waals surface area contributed by atoms with Gasteiger partial charge in [-0.15, -0.1) is 5.10 Å². The van der Waals surface area contributed by atoms with Gasteiger partial charge in [-0.2, -0.15) is 5.26 Å². The van der Waals surface area contributed by atoms with Crippen LogP contribution in [-0.4, -0.2) is 26.5 Å². The largest absolute Gasteiger partial charge is 0.370 e. The molecule has 0 aliphatic rings. The first-order valence-corrected chi connectivity index (χ1v) is 5.75. The molecule has 0 amide bonds. The van der Waals surface area contributed by atoms with Gasteiger partial charge in [-0.1, -0.05) is 5.21 Å². The van der Waals surface area contributed by atoms with Crippen molar-refractivity contribution in [3.05, 3.63) is 35.8 Å². The van der Waals surface area contributed by atoms with E-state index in [9.17, 15) is 0 Å². The molecule has 0 fully saturated rings. The minimum absolute atomic E-state index is 0.626. The highest BCUT2D eigenvalue weighted by molar-refractivity contribution is 5.44. The van der Waals surface area contributed by atoms with Gasteiger partial charge in [0.1, 0.15) is 5.82 Å². The lowest BCUT2D eigenvalue weighted by molar-refractivity contribution is 0.569. The molecular weight excluding hydrogens is 228 g/mol. The molecule has 2 rings (SSSR count). The molecule has 0 unspecified atom stereocenters. The predicted molar refractivity (Wildman–Crippen MR) is 66.8 cm³/mol. The van der Waals surface area contributed by atoms with Crippen molar-refractivity contribution in [1.29, 1.82) is 5.26 Å². The fourth-order valence-corrected chi connectivity index (χ4v) is 1.63. The summed E-state index contributed by atoms with van der Waals surface area (Å²) in [6, 6.07) is 5.64. The van der Waals surface area contributed by atoms with E-state index < -0.39 is 0 Å². The summed E-state index contributed by atoms with van der Waals surface area (Å²) in [5.41, 5.74) is 1.47. The molecule has 0 bridgehead atoms. The number of pyridine rings is 1. The van der Waals surface area contributed by atoms with Crippen molar-refractivity contribution < 1.29 is 0 Å². The summed E-state index contributed by atoms with van der Waals surface area (Å²) in [7, 11) is 0. The van der Waals surface area contributed by atoms with Crippen molar-refractivity contribution in [1.82, 2.24) is 20.0 Å². The van der Waals surface area contributed by atoms with Gasteiger partial charge >= 0.3 is 0 Å². The van der Waals surface area contributed by atoms with Crippen LogP contribution in [0.5, 0.6) is 0 Å². The fraction of sp³-hybridized carbons (Fsp3) is 0.333. The normalized spacial score (nSPS) is 10.0. The van der Waals surface area contributed by atoms with Gasteiger partial charge in [0.05, 0.1) is 17.8 Å². The van der Waals surface area contributed by atoms with Crippen LogP contribution >= 0.6 is 0 Å². The van der Waals surface area contributed by atoms with Crippen molar-refractivity contribution in [2.45, 2.75) is 19.9 Å². The van der Waals surface area contributed by atoms with Crippen molar-refractivity contribution in [2.75, 3.05) is 11.9 Å². The standard InChI is InChI=1S/C12H14N6/c1-10-7-11(9-13)8-12(16-10)14-3-2-5-18-6-4-15-17-18/h4,6-8H,2-3,5H2,1H3,(H,14,16). The molecule has 18 heavy (non-hydrogen) atoms. The number of aryl methyl sites for hydroxylation is 2. The van der Waals surface area contributed by atoms with Crippen LogP contribution in [0.4, 0.5) is 5.82 Å². The Balaban J connectivity index is 1.83. The third kappa shape index (κ3) is 3.28. The molecular formula is C12H14N6. The average Bonchev–Trinajstić information content (AvgIpc) is 2.87. The minimum atomic E-state index is 0.626. The number of rotatable bonds is 5. The number of aromatic nitrogens is 4. The minimum Gasteiger partial charge on any atom is -0.370 e. The van der Waals surface area contributed by atoms with Gasteiger partial charge in [-0.05, 0) is 25.5 Å². The van der Waals surface area contributed by atoms with Gasteiger partial charge in [-0.25, -0.2) is 4.98 Å². The quantitative estimate of drug-likeness (QED) is 0.801. The van der Waals surface area contributed by atoms with Crippen LogP contribution in [0.15, 0.2) is 24.5 Å². The van der Waals surface area contributed by atoms with Crippen LogP contribution in [-0.2, 0) is 6.54 Å². The van der Waals surface area contributed by atoms with E-state index in [1.807, 2.05) is 13.1 Å². The molecule has 2 aromatic rings. The first kappa shape index (κ1) is 12.0. The number of nitrogens with zero attached hydrogens (tertiary/aromatic N) is 5. The second kappa shape index (κ2) is 5.77. The molecule has 2 heterocycles. The second-order valence-electron chi connectivity index (χ2n) is 3.94. The van der Waals surface area contributed by atoms with Crippen LogP contribution in [0.1, 0.15) is 17.7 Å². The van der Waals surface area contributed by atoms with Crippen LogP contribution in [0.25, 0.3) is 0 Å². The highest BCUT2D eigenvalue weighted by atomic mass is 15.4. The summed E-state index contributed by atoms with van der Waals surface area (Å²) in [6.45, 7) is 3.46. The van der Waals surface area contributed by atoms with E-state index in [0.29, 0.717) is 5.56 Å². The zero-order chi connectivity index (χ0) is 12.8. The summed E-state index contributed by atoms with van der Waals surface area (Å²) in [5, 5.41) is 19.7. The smallest absolute Gasteiger partial charge is 0.127 e. The molecule has 92 valence electrons. The van der Waals surface area contributed by atoms with Crippen molar-refractivity contribution >= 4 is 5.82 Å². The molecule has 1 N–H and O–H groups in total. The highest BCUT2D eigenvalue weighted by Gasteiger charge is 1.99. The van der Waals surface area contributed by atoms with Crippen LogP contribution < -0.4 is 5.32 Å². The third-order valence-electron chi connectivity index (χ3n) is 2.42. The van der Waals surface area contributed by atoms with Crippen molar-refractivity contribution in [2.24, 2.45) is 0 Å². The Bertz CT molecular complexity index is 540. The Kier molecular flexibility index (Phi) is 3.86. The first-order valence-electron chi connectivity index (χ1n) is 5.75. The van der Waals surface area contributed by atoms with Crippen molar-refractivity contribution in [3.8, 4) is 6.07 Å². The molecule has 6 nitrogen and oxygen atoms in total. The summed E-state index contributed by atoms with van der Waals surface area (Å²) in [4.78, 5) is 4.32. The topological polar surface area (TPSA) is 79.4 Å². The molecule has 0 atom stereocenters. The monoisotopic (exact) mass is 242 g/mol. The molecule has 0 aliphatic carbocycles. The summed E-state index contributed by atoms with van der Waals surface area (Å²) < 4.78 is 1.78. The highest BCUT2D eigenvalue weighted by Crippen LogP contribution is 2.09. The van der Waals surface area contributed by atoms with E-state index in [-0.39, 0.29) is 0 Å². The molecule has 0 radical (unpaired) electrons. The van der Waals surface area contributed by atoms with E-state index in [4.69, 9.17) is 5.26 Å². The average molecular weight is 242 g/mol. The van der Waals surface area contributed by atoms with E-state index in [2.05, 4.69) is 26.7 Å². The van der Waals surface area contributed by atoms with E-state index in [1.54, 1.807) is 23.0 Å². The maximum absolute atomic E-state index is 8.86. The molecule has 0 spiro atoms. The Morgan fingerprint density at radius 3 is 3.06 bits per heavy atom. The van der Waals surface area contributed by atoms with Crippen LogP contribution in [0, 0.1) is 18.3 Å². The molecule has 0 aliphatic heterocycles. The first-order chi connectivity index (χ1) is 8.78. The Morgan fingerprint density at radius 2 is 2.33 bits per heavy atom. The summed E-state index contributed by atoms with van der Waals surface area (Å²) in [5.74, 6) is 0.741. The van der Waals surface area contributed by atoms with Gasteiger partial charge in [0.25, 0.3) is 0 Å². The Hall–Kier alpha value is -2.42. The van der Waals surface area contributed by atoms with E-state index in [0.717, 1.165) is 31.0 Å². The number of nitrogens with one attached hydrogen (secondary N) is 1. The molecule has 0 saturated heterocycles. The molecule has 6 heteroatoms. The maximum atomic E-state index is 8.86. The number of hydrogen-bond donors (Lipinski definition) is 1.